The molecule has 1 heterocycles. The lowest BCUT2D eigenvalue weighted by molar-refractivity contribution is -0.641. The van der Waals surface area contributed by atoms with E-state index in [1.807, 2.05) is 0 Å². The molecule has 5 heteroatoms. The highest BCUT2D eigenvalue weighted by Gasteiger charge is 2.20. The highest BCUT2D eigenvalue weighted by atomic mass is 35.5. The van der Waals surface area contributed by atoms with Crippen LogP contribution in [0.5, 0.6) is 5.75 Å². The number of ether oxygens (including phenoxy) is 1. The predicted molar refractivity (Wildman–Crippen MR) is 124 cm³/mol. The van der Waals surface area contributed by atoms with Gasteiger partial charge in [0.15, 0.2) is 0 Å². The Morgan fingerprint density at radius 3 is 2.20 bits per heavy atom. The summed E-state index contributed by atoms with van der Waals surface area (Å²) in [6, 6.07) is 25.8. The van der Waals surface area contributed by atoms with E-state index in [1.54, 1.807) is 0 Å². The number of halogens is 2. The molecule has 4 aromatic rings. The van der Waals surface area contributed by atoms with Gasteiger partial charge in [0.25, 0.3) is 0 Å². The molecule has 0 bridgehead atoms. The maximum Gasteiger partial charge on any atom is 0.213 e. The van der Waals surface area contributed by atoms with E-state index >= 15 is 0 Å². The zero-order valence-corrected chi connectivity index (χ0v) is 19.2. The summed E-state index contributed by atoms with van der Waals surface area (Å²) in [5, 5.41) is 2.50. The van der Waals surface area contributed by atoms with Crippen molar-refractivity contribution in [1.29, 1.82) is 0 Å². The minimum Gasteiger partial charge on any atom is -1.00 e. The van der Waals surface area contributed by atoms with Gasteiger partial charge in [0, 0.05) is 24.2 Å². The van der Waals surface area contributed by atoms with Crippen molar-refractivity contribution < 1.29 is 21.7 Å². The van der Waals surface area contributed by atoms with Crippen LogP contribution in [0.4, 0.5) is 0 Å². The number of hydrogen-bond acceptors (Lipinski definition) is 2. The van der Waals surface area contributed by atoms with Gasteiger partial charge in [-0.2, -0.15) is 4.57 Å². The van der Waals surface area contributed by atoms with Crippen molar-refractivity contribution in [2.24, 2.45) is 0 Å². The Morgan fingerprint density at radius 2 is 1.50 bits per heavy atom. The molecule has 0 saturated carbocycles. The number of rotatable bonds is 6. The van der Waals surface area contributed by atoms with Gasteiger partial charge in [0.1, 0.15) is 18.9 Å². The van der Waals surface area contributed by atoms with E-state index in [0.717, 1.165) is 18.8 Å². The van der Waals surface area contributed by atoms with E-state index in [2.05, 4.69) is 103 Å². The highest BCUT2D eigenvalue weighted by Crippen LogP contribution is 2.35. The molecule has 3 aromatic carbocycles. The summed E-state index contributed by atoms with van der Waals surface area (Å²) in [4.78, 5) is 2.13. The quantitative estimate of drug-likeness (QED) is 0.336. The van der Waals surface area contributed by atoms with Crippen LogP contribution in [0, 0.1) is 0 Å². The zero-order chi connectivity index (χ0) is 19.5. The Kier molecular flexibility index (Phi) is 8.48. The van der Waals surface area contributed by atoms with Crippen LogP contribution in [0.1, 0.15) is 6.92 Å². The van der Waals surface area contributed by atoms with E-state index < -0.39 is 0 Å². The fraction of sp³-hybridized carbons (Fsp3) is 0.240. The third kappa shape index (κ3) is 4.70. The Balaban J connectivity index is 0.00000160. The van der Waals surface area contributed by atoms with Crippen LogP contribution in [0.3, 0.4) is 0 Å². The molecule has 0 fully saturated rings. The topological polar surface area (TPSA) is 16.4 Å². The molecular weight excluding hydrogens is 415 g/mol. The number of likely N-dealkylation sites (N-methyl/N-ethyl adjacent to an activating group) is 1. The fourth-order valence-corrected chi connectivity index (χ4v) is 3.84. The second kappa shape index (κ2) is 10.6. The summed E-state index contributed by atoms with van der Waals surface area (Å²) in [5.74, 6) is 0.921. The molecular formula is C25H28Cl2N2O. The van der Waals surface area contributed by atoms with Gasteiger partial charge in [-0.1, -0.05) is 42.5 Å². The van der Waals surface area contributed by atoms with Gasteiger partial charge in [-0.05, 0) is 44.8 Å². The standard InChI is InChI=1S/C25H27N2O.2ClH/c1-4-27-23-13-9-8-12-21(23)25(19-10-6-5-7-11-19)22-18-20(14-15-24(22)27)28-17-16-26(2)3;;/h5-15,18H,4,16-17H2,1-3H3;2*1H/q+1;;/p-1. The summed E-state index contributed by atoms with van der Waals surface area (Å²) in [5.41, 5.74) is 5.00. The SMILES string of the molecule is CC[n+]1c2ccccc2c(-c2ccccc2)c2cc(OCCN(C)C)ccc21.Cl.[Cl-]. The molecule has 3 nitrogen and oxygen atoms in total. The predicted octanol–water partition coefficient (Wildman–Crippen LogP) is 2.33. The molecule has 0 N–H and O–H groups in total. The molecule has 0 saturated heterocycles. The number of para-hydroxylation sites is 1. The maximum atomic E-state index is 6.05. The molecule has 0 atom stereocenters. The van der Waals surface area contributed by atoms with Crippen molar-refractivity contribution in [3.05, 3.63) is 72.8 Å². The molecule has 0 unspecified atom stereocenters. The number of aromatic nitrogens is 1. The number of fused-ring (bicyclic) bond motifs is 2. The van der Waals surface area contributed by atoms with E-state index in [9.17, 15) is 0 Å². The largest absolute Gasteiger partial charge is 1.00 e. The van der Waals surface area contributed by atoms with Crippen molar-refractivity contribution in [3.8, 4) is 16.9 Å². The molecule has 1 aromatic heterocycles. The Labute approximate surface area is 191 Å². The number of nitrogens with zero attached hydrogens (tertiary/aromatic N) is 2. The summed E-state index contributed by atoms with van der Waals surface area (Å²) >= 11 is 0. The third-order valence-electron chi connectivity index (χ3n) is 5.18. The van der Waals surface area contributed by atoms with Gasteiger partial charge in [-0.25, -0.2) is 0 Å². The smallest absolute Gasteiger partial charge is 0.213 e. The fourth-order valence-electron chi connectivity index (χ4n) is 3.84. The summed E-state index contributed by atoms with van der Waals surface area (Å²) in [6.45, 7) is 4.71. The second-order valence-corrected chi connectivity index (χ2v) is 7.33. The van der Waals surface area contributed by atoms with Crippen LogP contribution in [0.25, 0.3) is 32.9 Å². The van der Waals surface area contributed by atoms with E-state index in [4.69, 9.17) is 4.74 Å². The van der Waals surface area contributed by atoms with Crippen molar-refractivity contribution >= 4 is 34.2 Å². The average Bonchev–Trinajstić information content (AvgIpc) is 2.72. The van der Waals surface area contributed by atoms with Crippen LogP contribution in [-0.2, 0) is 6.54 Å². The Morgan fingerprint density at radius 1 is 0.833 bits per heavy atom. The molecule has 0 aliphatic rings. The zero-order valence-electron chi connectivity index (χ0n) is 17.6. The van der Waals surface area contributed by atoms with Crippen molar-refractivity contribution in [1.82, 2.24) is 4.90 Å². The summed E-state index contributed by atoms with van der Waals surface area (Å²) in [6.07, 6.45) is 0. The minimum atomic E-state index is 0. The van der Waals surface area contributed by atoms with E-state index in [0.29, 0.717) is 6.61 Å². The molecule has 0 spiro atoms. The number of benzene rings is 3. The second-order valence-electron chi connectivity index (χ2n) is 7.33. The lowest BCUT2D eigenvalue weighted by Gasteiger charge is -2.14. The lowest BCUT2D eigenvalue weighted by atomic mass is 9.95. The van der Waals surface area contributed by atoms with Crippen LogP contribution in [0.15, 0.2) is 72.8 Å². The van der Waals surface area contributed by atoms with E-state index in [1.165, 1.54) is 32.9 Å². The normalized spacial score (nSPS) is 10.7. The molecule has 0 aliphatic heterocycles. The first-order chi connectivity index (χ1) is 13.7. The van der Waals surface area contributed by atoms with Gasteiger partial charge < -0.3 is 22.0 Å². The van der Waals surface area contributed by atoms with Gasteiger partial charge in [0.05, 0.1) is 10.8 Å². The lowest BCUT2D eigenvalue weighted by Crippen LogP contribution is -3.00. The first kappa shape index (κ1) is 23.9. The number of aryl methyl sites for hydroxylation is 1. The molecule has 0 amide bonds. The van der Waals surface area contributed by atoms with Gasteiger partial charge >= 0.3 is 0 Å². The van der Waals surface area contributed by atoms with E-state index in [-0.39, 0.29) is 24.8 Å². The van der Waals surface area contributed by atoms with Crippen LogP contribution >= 0.6 is 12.4 Å². The summed E-state index contributed by atoms with van der Waals surface area (Å²) < 4.78 is 8.44. The highest BCUT2D eigenvalue weighted by molar-refractivity contribution is 6.07. The number of hydrogen-bond donors (Lipinski definition) is 0. The first-order valence-corrected chi connectivity index (χ1v) is 9.90. The third-order valence-corrected chi connectivity index (χ3v) is 5.18. The van der Waals surface area contributed by atoms with Crippen LogP contribution in [0.2, 0.25) is 0 Å². The Hall–Kier alpha value is -2.33. The van der Waals surface area contributed by atoms with Crippen molar-refractivity contribution in [2.75, 3.05) is 27.2 Å². The number of pyridine rings is 1. The monoisotopic (exact) mass is 442 g/mol. The van der Waals surface area contributed by atoms with Crippen LogP contribution in [-0.4, -0.2) is 32.1 Å². The molecule has 0 aliphatic carbocycles. The van der Waals surface area contributed by atoms with Gasteiger partial charge in [-0.3, -0.25) is 0 Å². The van der Waals surface area contributed by atoms with Gasteiger partial charge in [-0.15, -0.1) is 12.4 Å². The first-order valence-electron chi connectivity index (χ1n) is 9.90. The van der Waals surface area contributed by atoms with Gasteiger partial charge in [0.2, 0.25) is 11.0 Å². The van der Waals surface area contributed by atoms with Crippen molar-refractivity contribution in [2.45, 2.75) is 13.5 Å². The van der Waals surface area contributed by atoms with Crippen LogP contribution < -0.4 is 21.7 Å². The van der Waals surface area contributed by atoms with Crippen molar-refractivity contribution in [3.63, 3.8) is 0 Å². The molecule has 30 heavy (non-hydrogen) atoms. The molecule has 0 radical (unpaired) electrons. The molecule has 158 valence electrons. The Bertz CT molecular complexity index is 1110. The minimum absolute atomic E-state index is 0. The molecule has 4 rings (SSSR count). The summed E-state index contributed by atoms with van der Waals surface area (Å²) in [7, 11) is 4.13. The average molecular weight is 443 g/mol. The maximum absolute atomic E-state index is 6.05.